The molecule has 0 aliphatic heterocycles. The molecule has 0 saturated heterocycles. The summed E-state index contributed by atoms with van der Waals surface area (Å²) in [6.07, 6.45) is 0.825. The number of hydrogen-bond acceptors (Lipinski definition) is 3. The van der Waals surface area contributed by atoms with Gasteiger partial charge in [0.15, 0.2) is 0 Å². The maximum absolute atomic E-state index is 11.5. The molecule has 0 amide bonds. The smallest absolute Gasteiger partial charge is 0.337 e. The molecule has 118 valence electrons. The van der Waals surface area contributed by atoms with Crippen molar-refractivity contribution >= 4 is 25.7 Å². The molecule has 0 radical (unpaired) electrons. The van der Waals surface area contributed by atoms with Crippen molar-refractivity contribution < 1.29 is 18.3 Å². The van der Waals surface area contributed by atoms with Gasteiger partial charge in [0, 0.05) is 10.7 Å². The first-order valence-corrected chi connectivity index (χ1v) is 8.87. The minimum absolute atomic E-state index is 0.0596. The van der Waals surface area contributed by atoms with E-state index in [9.17, 15) is 18.3 Å². The normalized spacial score (nSPS) is 13.2. The molecule has 0 atom stereocenters. The molecule has 0 aromatic heterocycles. The van der Waals surface area contributed by atoms with E-state index in [1.54, 1.807) is 6.07 Å². The van der Waals surface area contributed by atoms with E-state index in [0.29, 0.717) is 0 Å². The number of aromatic carboxylic acids is 1. The van der Waals surface area contributed by atoms with Crippen molar-refractivity contribution in [2.24, 2.45) is 5.41 Å². The highest BCUT2D eigenvalue weighted by Gasteiger charge is 2.29. The monoisotopic (exact) mass is 332 g/mol. The second-order valence-electron chi connectivity index (χ2n) is 7.08. The van der Waals surface area contributed by atoms with Crippen molar-refractivity contribution in [1.29, 1.82) is 0 Å². The SMILES string of the molecule is CC(C)(C)CC(C)(C)c1ccc(S(=O)(=O)Cl)c(C(=O)O)c1. The summed E-state index contributed by atoms with van der Waals surface area (Å²) in [4.78, 5) is 10.9. The predicted octanol–water partition coefficient (Wildman–Crippen LogP) is 4.03. The summed E-state index contributed by atoms with van der Waals surface area (Å²) in [6.45, 7) is 10.3. The molecule has 1 aromatic carbocycles. The Morgan fingerprint density at radius 1 is 1.19 bits per heavy atom. The maximum atomic E-state index is 11.5. The van der Waals surface area contributed by atoms with Gasteiger partial charge in [0.2, 0.25) is 0 Å². The van der Waals surface area contributed by atoms with E-state index in [-0.39, 0.29) is 21.3 Å². The summed E-state index contributed by atoms with van der Waals surface area (Å²) < 4.78 is 22.9. The second kappa shape index (κ2) is 5.61. The van der Waals surface area contributed by atoms with E-state index in [1.807, 2.05) is 13.8 Å². The highest BCUT2D eigenvalue weighted by molar-refractivity contribution is 8.13. The Morgan fingerprint density at radius 3 is 2.10 bits per heavy atom. The lowest BCUT2D eigenvalue weighted by Crippen LogP contribution is -2.25. The predicted molar refractivity (Wildman–Crippen MR) is 83.5 cm³/mol. The third kappa shape index (κ3) is 4.71. The number of carbonyl (C=O) groups is 1. The van der Waals surface area contributed by atoms with E-state index < -0.39 is 15.0 Å². The van der Waals surface area contributed by atoms with Crippen LogP contribution in [0.4, 0.5) is 0 Å². The third-order valence-electron chi connectivity index (χ3n) is 3.23. The van der Waals surface area contributed by atoms with Crippen LogP contribution in [0.25, 0.3) is 0 Å². The Kier molecular flexibility index (Phi) is 4.81. The molecule has 1 aromatic rings. The molecule has 21 heavy (non-hydrogen) atoms. The maximum Gasteiger partial charge on any atom is 0.337 e. The molecular weight excluding hydrogens is 312 g/mol. The highest BCUT2D eigenvalue weighted by atomic mass is 35.7. The number of rotatable bonds is 4. The number of halogens is 1. The molecule has 0 heterocycles. The Labute approximate surface area is 130 Å². The quantitative estimate of drug-likeness (QED) is 0.845. The van der Waals surface area contributed by atoms with Gasteiger partial charge in [-0.25, -0.2) is 13.2 Å². The van der Waals surface area contributed by atoms with Crippen molar-refractivity contribution in [1.82, 2.24) is 0 Å². The van der Waals surface area contributed by atoms with E-state index in [2.05, 4.69) is 20.8 Å². The number of hydrogen-bond donors (Lipinski definition) is 1. The van der Waals surface area contributed by atoms with Gasteiger partial charge in [0.05, 0.1) is 10.5 Å². The van der Waals surface area contributed by atoms with Gasteiger partial charge in [-0.05, 0) is 34.9 Å². The summed E-state index contributed by atoms with van der Waals surface area (Å²) in [5, 5.41) is 9.23. The van der Waals surface area contributed by atoms with E-state index in [1.165, 1.54) is 12.1 Å². The van der Waals surface area contributed by atoms with Crippen LogP contribution in [0.2, 0.25) is 0 Å². The Morgan fingerprint density at radius 2 is 1.71 bits per heavy atom. The number of carboxylic acid groups (broad SMARTS) is 1. The highest BCUT2D eigenvalue weighted by Crippen LogP contribution is 2.37. The van der Waals surface area contributed by atoms with Crippen LogP contribution in [0.15, 0.2) is 23.1 Å². The molecule has 0 aliphatic rings. The van der Waals surface area contributed by atoms with E-state index >= 15 is 0 Å². The molecular formula is C15H21ClO4S. The Balaban J connectivity index is 3.43. The Bertz CT molecular complexity index is 655. The lowest BCUT2D eigenvalue weighted by atomic mass is 9.72. The molecule has 0 bridgehead atoms. The fraction of sp³-hybridized carbons (Fsp3) is 0.533. The van der Waals surface area contributed by atoms with Crippen LogP contribution < -0.4 is 0 Å². The molecule has 1 rings (SSSR count). The van der Waals surface area contributed by atoms with Crippen LogP contribution >= 0.6 is 10.7 Å². The first-order chi connectivity index (χ1) is 9.24. The molecule has 0 fully saturated rings. The number of carboxylic acids is 1. The summed E-state index contributed by atoms with van der Waals surface area (Å²) in [7, 11) is 1.21. The molecule has 0 aliphatic carbocycles. The summed E-state index contributed by atoms with van der Waals surface area (Å²) in [5.41, 5.74) is 0.268. The number of benzene rings is 1. The van der Waals surface area contributed by atoms with Crippen LogP contribution in [-0.4, -0.2) is 19.5 Å². The van der Waals surface area contributed by atoms with Gasteiger partial charge >= 0.3 is 5.97 Å². The zero-order valence-corrected chi connectivity index (χ0v) is 14.5. The van der Waals surface area contributed by atoms with E-state index in [4.69, 9.17) is 10.7 Å². The van der Waals surface area contributed by atoms with Crippen molar-refractivity contribution in [3.05, 3.63) is 29.3 Å². The molecule has 0 unspecified atom stereocenters. The first kappa shape index (κ1) is 18.0. The molecule has 4 nitrogen and oxygen atoms in total. The van der Waals surface area contributed by atoms with Crippen molar-refractivity contribution in [2.45, 2.75) is 51.3 Å². The Hall–Kier alpha value is -1.07. The average molecular weight is 333 g/mol. The lowest BCUT2D eigenvalue weighted by molar-refractivity contribution is 0.0692. The lowest BCUT2D eigenvalue weighted by Gasteiger charge is -2.33. The summed E-state index contributed by atoms with van der Waals surface area (Å²) >= 11 is 0. The zero-order valence-electron chi connectivity index (χ0n) is 12.9. The van der Waals surface area contributed by atoms with Crippen molar-refractivity contribution in [3.8, 4) is 0 Å². The van der Waals surface area contributed by atoms with Gasteiger partial charge in [0.25, 0.3) is 9.05 Å². The molecule has 0 saturated carbocycles. The molecule has 1 N–H and O–H groups in total. The molecule has 0 spiro atoms. The summed E-state index contributed by atoms with van der Waals surface area (Å²) in [5.74, 6) is -1.30. The third-order valence-corrected chi connectivity index (χ3v) is 4.61. The molecule has 6 heteroatoms. The van der Waals surface area contributed by atoms with Crippen LogP contribution in [0, 0.1) is 5.41 Å². The van der Waals surface area contributed by atoms with Crippen molar-refractivity contribution in [2.75, 3.05) is 0 Å². The standard InChI is InChI=1S/C15H21ClO4S/c1-14(2,3)9-15(4,5)10-6-7-12(21(16,19)20)11(8-10)13(17)18/h6-8H,9H2,1-5H3,(H,17,18). The van der Waals surface area contributed by atoms with Crippen LogP contribution in [0.1, 0.15) is 57.0 Å². The van der Waals surface area contributed by atoms with Gasteiger partial charge in [-0.3, -0.25) is 0 Å². The van der Waals surface area contributed by atoms with Gasteiger partial charge in [-0.2, -0.15) is 0 Å². The largest absolute Gasteiger partial charge is 0.478 e. The zero-order chi connectivity index (χ0) is 16.6. The van der Waals surface area contributed by atoms with Gasteiger partial charge < -0.3 is 5.11 Å². The fourth-order valence-corrected chi connectivity index (χ4v) is 3.80. The van der Waals surface area contributed by atoms with Gasteiger partial charge in [-0.1, -0.05) is 40.7 Å². The van der Waals surface area contributed by atoms with Gasteiger partial charge in [0.1, 0.15) is 0 Å². The minimum atomic E-state index is -4.08. The van der Waals surface area contributed by atoms with Crippen LogP contribution in [0.3, 0.4) is 0 Å². The second-order valence-corrected chi connectivity index (χ2v) is 9.61. The van der Waals surface area contributed by atoms with E-state index in [0.717, 1.165) is 12.0 Å². The van der Waals surface area contributed by atoms with Crippen molar-refractivity contribution in [3.63, 3.8) is 0 Å². The minimum Gasteiger partial charge on any atom is -0.478 e. The first-order valence-electron chi connectivity index (χ1n) is 6.56. The van der Waals surface area contributed by atoms with Crippen LogP contribution in [-0.2, 0) is 14.5 Å². The summed E-state index contributed by atoms with van der Waals surface area (Å²) in [6, 6.07) is 4.31. The topological polar surface area (TPSA) is 71.4 Å². The fourth-order valence-electron chi connectivity index (χ4n) is 2.76. The van der Waals surface area contributed by atoms with Crippen LogP contribution in [0.5, 0.6) is 0 Å². The average Bonchev–Trinajstić information content (AvgIpc) is 2.23. The van der Waals surface area contributed by atoms with Gasteiger partial charge in [-0.15, -0.1) is 0 Å².